The Kier molecular flexibility index (Phi) is 94.4. The van der Waals surface area contributed by atoms with Crippen LogP contribution >= 0.6 is 114 Å². The summed E-state index contributed by atoms with van der Waals surface area (Å²) in [7, 11) is 0. The van der Waals surface area contributed by atoms with Crippen LogP contribution in [0.4, 0.5) is 0 Å². The molecule has 9 unspecified atom stereocenters. The Labute approximate surface area is 840 Å². The molecule has 0 aliphatic carbocycles. The molecule has 9 atom stereocenters. The fraction of sp³-hybridized carbons (Fsp3) is 0.870. The van der Waals surface area contributed by atoms with Gasteiger partial charge in [0.05, 0.1) is 35.5 Å². The van der Waals surface area contributed by atoms with E-state index in [9.17, 15) is 88.2 Å². The van der Waals surface area contributed by atoms with Crippen LogP contribution in [0.5, 0.6) is 0 Å². The quantitative estimate of drug-likeness (QED) is 0.00898. The Bertz CT molecular complexity index is 2450. The maximum absolute atomic E-state index is 13.6. The zero-order chi connectivity index (χ0) is 97.3. The van der Waals surface area contributed by atoms with Crippen molar-refractivity contribution in [2.45, 2.75) is 340 Å². The van der Waals surface area contributed by atoms with Gasteiger partial charge in [0.15, 0.2) is 0 Å². The van der Waals surface area contributed by atoms with E-state index in [1.807, 2.05) is 0 Å². The molecule has 0 spiro atoms. The van der Waals surface area contributed by atoms with Crippen molar-refractivity contribution in [2.75, 3.05) is 91.4 Å². The van der Waals surface area contributed by atoms with E-state index in [1.54, 1.807) is 45.0 Å². The zero-order valence-electron chi connectivity index (χ0n) is 77.9. The van der Waals surface area contributed by atoms with E-state index in [4.69, 9.17) is 28.4 Å². The van der Waals surface area contributed by atoms with Crippen LogP contribution in [-0.2, 0) is 86.0 Å². The minimum absolute atomic E-state index is 0.0149. The van der Waals surface area contributed by atoms with E-state index in [-0.39, 0.29) is 149 Å². The number of unbranched alkanes of at least 4 members (excludes halogenated alkanes) is 20. The predicted octanol–water partition coefficient (Wildman–Crippen LogP) is 12.7. The van der Waals surface area contributed by atoms with Gasteiger partial charge in [0, 0.05) is 104 Å². The third-order valence-corrected chi connectivity index (χ3v) is 27.8. The molecule has 0 radical (unpaired) electrons. The van der Waals surface area contributed by atoms with Crippen molar-refractivity contribution >= 4 is 230 Å². The van der Waals surface area contributed by atoms with Crippen molar-refractivity contribution in [3.8, 4) is 0 Å². The molecule has 0 heterocycles. The Morgan fingerprint density at radius 2 is 0.378 bits per heavy atom. The molecule has 0 bridgehead atoms. The summed E-state index contributed by atoms with van der Waals surface area (Å²) in [6, 6.07) is 0. The summed E-state index contributed by atoms with van der Waals surface area (Å²) in [5.41, 5.74) is -4.56. The first-order valence-corrected chi connectivity index (χ1v) is 56.6. The molecule has 0 amide bonds. The second kappa shape index (κ2) is 89.6. The van der Waals surface area contributed by atoms with Gasteiger partial charge < -0.3 is 87.8 Å². The number of hydrogen-bond donors (Lipinski definition) is 9. The van der Waals surface area contributed by atoms with Crippen molar-refractivity contribution < 1.29 is 117 Å². The van der Waals surface area contributed by atoms with Crippen LogP contribution < -0.4 is 30.6 Å². The van der Waals surface area contributed by atoms with Gasteiger partial charge in [0.1, 0.15) is 39.6 Å². The molecule has 0 aliphatic heterocycles. The van der Waals surface area contributed by atoms with E-state index in [0.717, 1.165) is 116 Å². The van der Waals surface area contributed by atoms with Crippen molar-refractivity contribution in [1.29, 1.82) is 0 Å². The molecular formula is C92H162O24S9Sn2. The Morgan fingerprint density at radius 1 is 0.228 bits per heavy atom. The number of carboxylic acid groups (broad SMARTS) is 6. The molecule has 0 saturated heterocycles. The van der Waals surface area contributed by atoms with E-state index in [1.165, 1.54) is 34.6 Å². The van der Waals surface area contributed by atoms with Gasteiger partial charge in [0.2, 0.25) is 0 Å². The van der Waals surface area contributed by atoms with Gasteiger partial charge in [-0.3, -0.25) is 28.8 Å². The Balaban J connectivity index is -0.000000553. The monoisotopic (exact) mass is 2180 g/mol. The molecule has 0 aliphatic rings. The number of carboxylic acids is 6. The summed E-state index contributed by atoms with van der Waals surface area (Å²) in [6.45, 7) is 17.0. The molecule has 0 saturated carbocycles. The number of rotatable bonds is 79. The van der Waals surface area contributed by atoms with Gasteiger partial charge in [-0.2, -0.15) is 114 Å². The Morgan fingerprint density at radius 3 is 0.480 bits per heavy atom. The normalized spacial score (nSPS) is 14.6. The van der Waals surface area contributed by atoms with Crippen molar-refractivity contribution in [2.24, 2.45) is 69.5 Å². The summed E-state index contributed by atoms with van der Waals surface area (Å²) >= 11 is 42.0. The van der Waals surface area contributed by atoms with Gasteiger partial charge >= 0.3 is 129 Å². The van der Waals surface area contributed by atoms with Gasteiger partial charge in [0.25, 0.3) is 0 Å². The number of aliphatic carboxylic acids is 6. The first-order valence-electron chi connectivity index (χ1n) is 46.8. The molecule has 0 aromatic rings. The third-order valence-electron chi connectivity index (χ3n) is 23.0. The van der Waals surface area contributed by atoms with Crippen LogP contribution in [0, 0.1) is 69.5 Å². The molecule has 35 heteroatoms. The number of carbonyl (C=O) groups excluding carboxylic acids is 12. The predicted molar refractivity (Wildman–Crippen MR) is 524 cm³/mol. The minimum atomic E-state index is -1.52. The van der Waals surface area contributed by atoms with Crippen LogP contribution in [0.1, 0.15) is 331 Å². The van der Waals surface area contributed by atoms with Crippen molar-refractivity contribution in [3.63, 3.8) is 0 Å². The average Bonchev–Trinajstić information content (AvgIpc) is 0.764. The van der Waals surface area contributed by atoms with Crippen LogP contribution in [0.2, 0.25) is 8.87 Å². The summed E-state index contributed by atoms with van der Waals surface area (Å²) in [4.78, 5) is 154. The average molecular weight is 2180 g/mol. The first-order chi connectivity index (χ1) is 60.8. The maximum atomic E-state index is 13.6. The Hall–Kier alpha value is -1.61. The molecule has 0 rings (SSSR count). The topological polar surface area (TPSA) is 399 Å². The molecule has 736 valence electrons. The molecule has 0 N–H and O–H groups in total. The summed E-state index contributed by atoms with van der Waals surface area (Å²) in [5, 5.41) is 71.8. The molecule has 0 fully saturated rings. The first kappa shape index (κ1) is 134. The van der Waals surface area contributed by atoms with E-state index >= 15 is 0 Å². The zero-order valence-corrected chi connectivity index (χ0v) is 91.7. The van der Waals surface area contributed by atoms with E-state index < -0.39 is 141 Å². The molecule has 127 heavy (non-hydrogen) atoms. The molecule has 0 aromatic carbocycles. The van der Waals surface area contributed by atoms with Gasteiger partial charge in [-0.05, 0) is 114 Å². The summed E-state index contributed by atoms with van der Waals surface area (Å²) in [5.74, 6) is -20.6. The second-order valence-corrected chi connectivity index (χ2v) is 38.7. The molecular weight excluding hydrogens is 2020 g/mol. The van der Waals surface area contributed by atoms with Gasteiger partial charge in [-0.25, -0.2) is 0 Å². The molecule has 24 nitrogen and oxygen atoms in total. The fourth-order valence-electron chi connectivity index (χ4n) is 16.5. The summed E-state index contributed by atoms with van der Waals surface area (Å²) < 4.78 is 36.0. The van der Waals surface area contributed by atoms with Gasteiger partial charge in [-0.1, -0.05) is 196 Å². The number of hydrogen-bond acceptors (Lipinski definition) is 33. The van der Waals surface area contributed by atoms with Crippen LogP contribution in [-0.4, -0.2) is 208 Å². The number of ether oxygens (including phenoxy) is 6. The molecule has 0 aromatic heterocycles. The third kappa shape index (κ3) is 57.9. The second-order valence-electron chi connectivity index (χ2n) is 32.2. The fourth-order valence-corrected chi connectivity index (χ4v) is 21.0. The van der Waals surface area contributed by atoms with Gasteiger partial charge in [-0.15, -0.1) is 0 Å². The van der Waals surface area contributed by atoms with Crippen molar-refractivity contribution in [3.05, 3.63) is 0 Å². The number of thiol groups is 9. The van der Waals surface area contributed by atoms with Crippen LogP contribution in [0.15, 0.2) is 0 Å². The van der Waals surface area contributed by atoms with E-state index in [0.29, 0.717) is 77.0 Å². The SMILES string of the molecule is CCCCCCC(C(=O)OCCS)C(CS)(C(CCCC(=O)[O-])C(=O)[O-])C(CCCCCC)C(=O)OCCS.CCCCCCC(C(=O)OCCS)C(CS)(C(CCCC(=O)[O-])C(=O)[O-])C(CCCCCC)C(=O)OCCS.CCCCCCC(C(=O)OCCS)C(CS)(C(CCCC(=O)[O-])C(=O)[O-])C(CCCCCC)C(=O)OCCS.CCC[CH2][Sn+3].CCC[CH2][Sn+3]. The number of esters is 6. The number of carbonyl (C=O) groups is 12. The van der Waals surface area contributed by atoms with Crippen molar-refractivity contribution in [1.82, 2.24) is 0 Å². The summed E-state index contributed by atoms with van der Waals surface area (Å²) in [6.07, 6.45) is 26.0. The van der Waals surface area contributed by atoms with E-state index in [2.05, 4.69) is 169 Å². The standard InChI is InChI=1S/3C28H50O8S3.2C4H9.2Sn/c3*1-3-5-7-9-12-22(26(33)35-16-18-37)28(20-39,21(25(31)32)14-11-15-24(29)30)23(13-10-8-6-4-2)27(34)36-17-19-38;2*1-3-4-2;;/h3*21-23,37-39H,3-20H2,1-2H3,(H,29,30)(H,31,32);2*1,3-4H2,2H3;;/q;;;;;2*+3/p-6. The van der Waals surface area contributed by atoms with Crippen LogP contribution in [0.25, 0.3) is 0 Å². The van der Waals surface area contributed by atoms with Crippen LogP contribution in [0.3, 0.4) is 0 Å².